The van der Waals surface area contributed by atoms with Crippen molar-refractivity contribution in [3.63, 3.8) is 0 Å². The van der Waals surface area contributed by atoms with Crippen molar-refractivity contribution in [1.29, 1.82) is 0 Å². The number of rotatable bonds is 6. The zero-order valence-corrected chi connectivity index (χ0v) is 14.2. The van der Waals surface area contributed by atoms with Crippen LogP contribution < -0.4 is 10.6 Å². The van der Waals surface area contributed by atoms with Crippen molar-refractivity contribution in [2.45, 2.75) is 32.2 Å². The van der Waals surface area contributed by atoms with E-state index >= 15 is 0 Å². The molecular formula is C16H26BrN3. The van der Waals surface area contributed by atoms with Crippen LogP contribution in [0.4, 0.5) is 5.69 Å². The average Bonchev–Trinajstić information content (AvgIpc) is 2.86. The lowest BCUT2D eigenvalue weighted by Gasteiger charge is -2.30. The SMILES string of the molecule is CCN1CCCC1CN(C)c1ccc(Br)cc1CCN. The van der Waals surface area contributed by atoms with Crippen molar-refractivity contribution in [2.24, 2.45) is 5.73 Å². The molecule has 112 valence electrons. The van der Waals surface area contributed by atoms with E-state index in [-0.39, 0.29) is 0 Å². The zero-order valence-electron chi connectivity index (χ0n) is 12.6. The Morgan fingerprint density at radius 2 is 2.25 bits per heavy atom. The van der Waals surface area contributed by atoms with Crippen LogP contribution in [0.2, 0.25) is 0 Å². The molecule has 1 aliphatic rings. The molecular weight excluding hydrogens is 314 g/mol. The first-order valence-corrected chi connectivity index (χ1v) is 8.38. The number of anilines is 1. The van der Waals surface area contributed by atoms with E-state index in [0.717, 1.165) is 24.0 Å². The molecule has 0 aromatic heterocycles. The lowest BCUT2D eigenvalue weighted by Crippen LogP contribution is -2.39. The van der Waals surface area contributed by atoms with E-state index in [9.17, 15) is 0 Å². The van der Waals surface area contributed by atoms with Gasteiger partial charge in [0.1, 0.15) is 0 Å². The average molecular weight is 340 g/mol. The van der Waals surface area contributed by atoms with Crippen LogP contribution in [0.3, 0.4) is 0 Å². The number of hydrogen-bond acceptors (Lipinski definition) is 3. The third-order valence-electron chi connectivity index (χ3n) is 4.26. The number of benzene rings is 1. The van der Waals surface area contributed by atoms with Gasteiger partial charge in [0, 0.05) is 29.8 Å². The third-order valence-corrected chi connectivity index (χ3v) is 4.75. The van der Waals surface area contributed by atoms with Crippen molar-refractivity contribution >= 4 is 21.6 Å². The van der Waals surface area contributed by atoms with Gasteiger partial charge in [0.15, 0.2) is 0 Å². The first-order valence-electron chi connectivity index (χ1n) is 7.59. The van der Waals surface area contributed by atoms with Gasteiger partial charge in [0.25, 0.3) is 0 Å². The maximum absolute atomic E-state index is 5.74. The van der Waals surface area contributed by atoms with Crippen LogP contribution >= 0.6 is 15.9 Å². The molecule has 20 heavy (non-hydrogen) atoms. The Hall–Kier alpha value is -0.580. The molecule has 2 N–H and O–H groups in total. The highest BCUT2D eigenvalue weighted by Crippen LogP contribution is 2.26. The number of halogens is 1. The van der Waals surface area contributed by atoms with Crippen LogP contribution in [0, 0.1) is 0 Å². The van der Waals surface area contributed by atoms with Crippen molar-refractivity contribution < 1.29 is 0 Å². The van der Waals surface area contributed by atoms with E-state index in [0.29, 0.717) is 12.6 Å². The van der Waals surface area contributed by atoms with Gasteiger partial charge in [0.2, 0.25) is 0 Å². The first-order chi connectivity index (χ1) is 9.65. The van der Waals surface area contributed by atoms with Crippen molar-refractivity contribution in [3.05, 3.63) is 28.2 Å². The molecule has 3 nitrogen and oxygen atoms in total. The van der Waals surface area contributed by atoms with E-state index in [2.05, 4.69) is 57.9 Å². The molecule has 1 fully saturated rings. The first kappa shape index (κ1) is 15.8. The van der Waals surface area contributed by atoms with Gasteiger partial charge >= 0.3 is 0 Å². The molecule has 1 aliphatic heterocycles. The Labute approximate surface area is 131 Å². The topological polar surface area (TPSA) is 32.5 Å². The summed E-state index contributed by atoms with van der Waals surface area (Å²) >= 11 is 3.56. The molecule has 4 heteroatoms. The van der Waals surface area contributed by atoms with Crippen LogP contribution in [0.5, 0.6) is 0 Å². The van der Waals surface area contributed by atoms with Crippen LogP contribution in [0.15, 0.2) is 22.7 Å². The molecule has 1 aromatic rings. The number of nitrogens with zero attached hydrogens (tertiary/aromatic N) is 2. The van der Waals surface area contributed by atoms with E-state index < -0.39 is 0 Å². The van der Waals surface area contributed by atoms with Crippen molar-refractivity contribution in [3.8, 4) is 0 Å². The second-order valence-electron chi connectivity index (χ2n) is 5.62. The second kappa shape index (κ2) is 7.43. The van der Waals surface area contributed by atoms with E-state index in [1.165, 1.54) is 30.6 Å². The second-order valence-corrected chi connectivity index (χ2v) is 6.53. The number of nitrogens with two attached hydrogens (primary N) is 1. The fourth-order valence-electron chi connectivity index (χ4n) is 3.21. The number of hydrogen-bond donors (Lipinski definition) is 1. The largest absolute Gasteiger partial charge is 0.373 e. The normalized spacial score (nSPS) is 19.5. The quantitative estimate of drug-likeness (QED) is 0.864. The van der Waals surface area contributed by atoms with Crippen LogP contribution in [-0.4, -0.2) is 44.2 Å². The van der Waals surface area contributed by atoms with Crippen LogP contribution in [0.1, 0.15) is 25.3 Å². The summed E-state index contributed by atoms with van der Waals surface area (Å²) in [5, 5.41) is 0. The monoisotopic (exact) mass is 339 g/mol. The summed E-state index contributed by atoms with van der Waals surface area (Å²) in [4.78, 5) is 4.99. The molecule has 0 bridgehead atoms. The molecule has 0 radical (unpaired) electrons. The van der Waals surface area contributed by atoms with E-state index in [1.54, 1.807) is 0 Å². The molecule has 1 unspecified atom stereocenters. The Morgan fingerprint density at radius 3 is 2.95 bits per heavy atom. The lowest BCUT2D eigenvalue weighted by atomic mass is 10.1. The van der Waals surface area contributed by atoms with Gasteiger partial charge in [0.05, 0.1) is 0 Å². The van der Waals surface area contributed by atoms with Crippen LogP contribution in [0.25, 0.3) is 0 Å². The van der Waals surface area contributed by atoms with Crippen molar-refractivity contribution in [2.75, 3.05) is 38.1 Å². The highest BCUT2D eigenvalue weighted by Gasteiger charge is 2.24. The molecule has 2 rings (SSSR count). The molecule has 0 saturated carbocycles. The summed E-state index contributed by atoms with van der Waals surface area (Å²) in [5.74, 6) is 0. The molecule has 0 spiro atoms. The highest BCUT2D eigenvalue weighted by molar-refractivity contribution is 9.10. The minimum absolute atomic E-state index is 0.694. The van der Waals surface area contributed by atoms with Gasteiger partial charge in [-0.1, -0.05) is 22.9 Å². The summed E-state index contributed by atoms with van der Waals surface area (Å²) in [6.45, 7) is 6.48. The summed E-state index contributed by atoms with van der Waals surface area (Å²) in [6, 6.07) is 7.22. The molecule has 1 atom stereocenters. The van der Waals surface area contributed by atoms with Crippen molar-refractivity contribution in [1.82, 2.24) is 4.90 Å². The lowest BCUT2D eigenvalue weighted by molar-refractivity contribution is 0.270. The van der Waals surface area contributed by atoms with Gasteiger partial charge in [-0.25, -0.2) is 0 Å². The third kappa shape index (κ3) is 3.74. The van der Waals surface area contributed by atoms with E-state index in [1.807, 2.05) is 0 Å². The smallest absolute Gasteiger partial charge is 0.0397 e. The molecule has 0 aliphatic carbocycles. The molecule has 1 aromatic carbocycles. The standard InChI is InChI=1S/C16H26BrN3/c1-3-20-10-4-5-15(20)12-19(2)16-7-6-14(17)11-13(16)8-9-18/h6-7,11,15H,3-5,8-10,12,18H2,1-2H3. The molecule has 1 heterocycles. The maximum Gasteiger partial charge on any atom is 0.0397 e. The zero-order chi connectivity index (χ0) is 14.5. The van der Waals surface area contributed by atoms with Gasteiger partial charge in [-0.2, -0.15) is 0 Å². The van der Waals surface area contributed by atoms with Crippen LogP contribution in [-0.2, 0) is 6.42 Å². The number of likely N-dealkylation sites (tertiary alicyclic amines) is 1. The minimum Gasteiger partial charge on any atom is -0.373 e. The fourth-order valence-corrected chi connectivity index (χ4v) is 3.62. The fraction of sp³-hybridized carbons (Fsp3) is 0.625. The minimum atomic E-state index is 0.694. The predicted molar refractivity (Wildman–Crippen MR) is 90.4 cm³/mol. The predicted octanol–water partition coefficient (Wildman–Crippen LogP) is 2.87. The molecule has 1 saturated heterocycles. The molecule has 0 amide bonds. The van der Waals surface area contributed by atoms with Gasteiger partial charge in [-0.3, -0.25) is 4.90 Å². The number of likely N-dealkylation sites (N-methyl/N-ethyl adjacent to an activating group) is 2. The Balaban J connectivity index is 2.10. The van der Waals surface area contributed by atoms with E-state index in [4.69, 9.17) is 5.73 Å². The Kier molecular flexibility index (Phi) is 5.87. The highest BCUT2D eigenvalue weighted by atomic mass is 79.9. The Morgan fingerprint density at radius 1 is 1.45 bits per heavy atom. The summed E-state index contributed by atoms with van der Waals surface area (Å²) in [6.07, 6.45) is 3.59. The summed E-state index contributed by atoms with van der Waals surface area (Å²) < 4.78 is 1.13. The summed E-state index contributed by atoms with van der Waals surface area (Å²) in [7, 11) is 2.20. The summed E-state index contributed by atoms with van der Waals surface area (Å²) in [5.41, 5.74) is 8.40. The maximum atomic E-state index is 5.74. The van der Waals surface area contributed by atoms with Gasteiger partial charge < -0.3 is 10.6 Å². The Bertz CT molecular complexity index is 436. The van der Waals surface area contributed by atoms with Gasteiger partial charge in [-0.05, 0) is 62.7 Å². The van der Waals surface area contributed by atoms with Gasteiger partial charge in [-0.15, -0.1) is 0 Å².